The fourth-order valence-electron chi connectivity index (χ4n) is 4.10. The van der Waals surface area contributed by atoms with Gasteiger partial charge >= 0.3 is 25.2 Å². The Morgan fingerprint density at radius 1 is 1.08 bits per heavy atom. The highest BCUT2D eigenvalue weighted by Gasteiger charge is 2.63. The molecule has 1 saturated heterocycles. The molecule has 1 unspecified atom stereocenters. The summed E-state index contributed by atoms with van der Waals surface area (Å²) >= 11 is 0. The third-order valence-electron chi connectivity index (χ3n) is 5.73. The van der Waals surface area contributed by atoms with Crippen LogP contribution in [-0.4, -0.2) is 41.2 Å². The second kappa shape index (κ2) is 5.73. The number of hydrogen-bond acceptors (Lipinski definition) is 7. The monoisotopic (exact) mass is 340 g/mol. The van der Waals surface area contributed by atoms with Gasteiger partial charge < -0.3 is 24.2 Å². The first kappa shape index (κ1) is 17.2. The van der Waals surface area contributed by atoms with Gasteiger partial charge in [-0.3, -0.25) is 14.4 Å². The predicted molar refractivity (Wildman–Crippen MR) is 79.1 cm³/mol. The topological polar surface area (TPSA) is 119 Å². The molecule has 0 radical (unpaired) electrons. The van der Waals surface area contributed by atoms with Crippen molar-refractivity contribution < 1.29 is 38.6 Å². The van der Waals surface area contributed by atoms with Crippen LogP contribution in [0.2, 0.25) is 0 Å². The minimum absolute atomic E-state index is 0.230. The Bertz CT molecular complexity index is 540. The average molecular weight is 340 g/mol. The molecule has 9 heteroatoms. The molecule has 3 rings (SSSR count). The van der Waals surface area contributed by atoms with E-state index in [0.717, 1.165) is 12.8 Å². The number of carboxylic acids is 1. The summed E-state index contributed by atoms with van der Waals surface area (Å²) in [5.74, 6) is -4.78. The first-order chi connectivity index (χ1) is 11.2. The molecule has 3 aliphatic rings. The molecule has 0 aromatic carbocycles. The summed E-state index contributed by atoms with van der Waals surface area (Å²) in [6.07, 6.45) is 3.94. The molecule has 0 aromatic rings. The van der Waals surface area contributed by atoms with Crippen LogP contribution >= 0.6 is 0 Å². The summed E-state index contributed by atoms with van der Waals surface area (Å²) in [4.78, 5) is 36.2. The van der Waals surface area contributed by atoms with Gasteiger partial charge in [0.25, 0.3) is 0 Å². The maximum Gasteiger partial charge on any atom is 0.794 e. The highest BCUT2D eigenvalue weighted by Crippen LogP contribution is 2.48. The lowest BCUT2D eigenvalue weighted by Crippen LogP contribution is -2.59. The smallest absolute Gasteiger partial charge is 0.481 e. The van der Waals surface area contributed by atoms with Crippen molar-refractivity contribution in [2.45, 2.75) is 64.1 Å². The summed E-state index contributed by atoms with van der Waals surface area (Å²) in [5.41, 5.74) is -2.79. The van der Waals surface area contributed by atoms with Crippen LogP contribution in [0.1, 0.15) is 58.3 Å². The molecule has 1 heterocycles. The van der Waals surface area contributed by atoms with E-state index in [1.165, 1.54) is 6.92 Å². The fraction of sp³-hybridized carbons (Fsp3) is 0.800. The highest BCUT2D eigenvalue weighted by atomic mass is 16.8. The first-order valence-electron chi connectivity index (χ1n) is 8.29. The van der Waals surface area contributed by atoms with Gasteiger partial charge in [-0.2, -0.15) is 0 Å². The first-order valence-corrected chi connectivity index (χ1v) is 8.29. The van der Waals surface area contributed by atoms with E-state index < -0.39 is 41.8 Å². The number of aliphatic carboxylic acids is 1. The normalized spacial score (nSPS) is 27.7. The Labute approximate surface area is 139 Å². The lowest BCUT2D eigenvalue weighted by molar-refractivity contribution is -0.236. The molecule has 0 amide bonds. The maximum atomic E-state index is 12.3. The van der Waals surface area contributed by atoms with Gasteiger partial charge in [0.15, 0.2) is 11.2 Å². The van der Waals surface area contributed by atoms with Crippen LogP contribution in [0.25, 0.3) is 0 Å². The van der Waals surface area contributed by atoms with E-state index in [9.17, 15) is 24.6 Å². The number of aliphatic hydroxyl groups is 1. The molecule has 24 heavy (non-hydrogen) atoms. The number of carboxylic acid groups (broad SMARTS) is 1. The van der Waals surface area contributed by atoms with Crippen LogP contribution in [-0.2, 0) is 28.3 Å². The molecule has 0 bridgehead atoms. The van der Waals surface area contributed by atoms with Crippen LogP contribution in [0.4, 0.5) is 0 Å². The van der Waals surface area contributed by atoms with E-state index >= 15 is 0 Å². The minimum atomic E-state index is -2.14. The summed E-state index contributed by atoms with van der Waals surface area (Å²) in [7, 11) is -1.73. The third kappa shape index (κ3) is 2.41. The standard InChI is InChI=1S/C15H21BO8/c1-13(21,15(10(17)18)8-4-5-9-15)24-16-22-11(19)14(12(20)23-16)6-2-3-7-14/h21H,2-9H2,1H3,(H,17,18). The van der Waals surface area contributed by atoms with Crippen molar-refractivity contribution in [2.75, 3.05) is 0 Å². The summed E-state index contributed by atoms with van der Waals surface area (Å²) in [6.45, 7) is 1.20. The summed E-state index contributed by atoms with van der Waals surface area (Å²) in [6, 6.07) is 0. The van der Waals surface area contributed by atoms with Gasteiger partial charge in [-0.05, 0) is 32.6 Å². The van der Waals surface area contributed by atoms with Crippen molar-refractivity contribution in [3.8, 4) is 0 Å². The van der Waals surface area contributed by atoms with Gasteiger partial charge in [0.05, 0.1) is 0 Å². The zero-order valence-electron chi connectivity index (χ0n) is 13.6. The Hall–Kier alpha value is -1.61. The van der Waals surface area contributed by atoms with E-state index in [1.807, 2.05) is 0 Å². The van der Waals surface area contributed by atoms with E-state index in [1.54, 1.807) is 0 Å². The summed E-state index contributed by atoms with van der Waals surface area (Å²) in [5, 5.41) is 20.2. The molecular formula is C15H21BO8. The lowest BCUT2D eigenvalue weighted by atomic mass is 9.77. The third-order valence-corrected chi connectivity index (χ3v) is 5.73. The zero-order chi connectivity index (χ0) is 17.6. The van der Waals surface area contributed by atoms with Crippen molar-refractivity contribution in [1.29, 1.82) is 0 Å². The number of carbonyl (C=O) groups is 3. The molecule has 1 spiro atoms. The van der Waals surface area contributed by atoms with E-state index in [-0.39, 0.29) is 12.8 Å². The van der Waals surface area contributed by atoms with Crippen LogP contribution < -0.4 is 0 Å². The average Bonchev–Trinajstić information content (AvgIpc) is 3.16. The van der Waals surface area contributed by atoms with Crippen LogP contribution in [0, 0.1) is 10.8 Å². The molecule has 8 nitrogen and oxygen atoms in total. The van der Waals surface area contributed by atoms with E-state index in [4.69, 9.17) is 14.0 Å². The van der Waals surface area contributed by atoms with E-state index in [2.05, 4.69) is 0 Å². The molecule has 2 N–H and O–H groups in total. The van der Waals surface area contributed by atoms with Crippen LogP contribution in [0.5, 0.6) is 0 Å². The van der Waals surface area contributed by atoms with Gasteiger partial charge in [0, 0.05) is 0 Å². The van der Waals surface area contributed by atoms with E-state index in [0.29, 0.717) is 25.7 Å². The van der Waals surface area contributed by atoms with Crippen molar-refractivity contribution in [3.63, 3.8) is 0 Å². The number of hydrogen-bond donors (Lipinski definition) is 2. The number of rotatable bonds is 4. The predicted octanol–water partition coefficient (Wildman–Crippen LogP) is 1.00. The van der Waals surface area contributed by atoms with Gasteiger partial charge in [-0.1, -0.05) is 25.7 Å². The van der Waals surface area contributed by atoms with Crippen molar-refractivity contribution >= 4 is 25.2 Å². The van der Waals surface area contributed by atoms with Gasteiger partial charge in [0.1, 0.15) is 5.41 Å². The number of carbonyl (C=O) groups excluding carboxylic acids is 2. The van der Waals surface area contributed by atoms with Crippen molar-refractivity contribution in [1.82, 2.24) is 0 Å². The molecular weight excluding hydrogens is 319 g/mol. The Kier molecular flexibility index (Phi) is 4.12. The fourth-order valence-corrected chi connectivity index (χ4v) is 4.10. The summed E-state index contributed by atoms with van der Waals surface area (Å²) < 4.78 is 15.4. The second-order valence-electron chi connectivity index (χ2n) is 7.08. The SMILES string of the molecule is CC(O)(OB1OC(=O)C2(CCCC2)C(=O)O1)C1(C(=O)O)CCCC1. The van der Waals surface area contributed by atoms with Gasteiger partial charge in [-0.25, -0.2) is 0 Å². The van der Waals surface area contributed by atoms with Crippen LogP contribution in [0.15, 0.2) is 0 Å². The molecule has 1 aliphatic heterocycles. The quantitative estimate of drug-likeness (QED) is 0.442. The second-order valence-corrected chi connectivity index (χ2v) is 7.08. The molecule has 132 valence electrons. The Balaban J connectivity index is 1.75. The van der Waals surface area contributed by atoms with Crippen molar-refractivity contribution in [2.24, 2.45) is 10.8 Å². The van der Waals surface area contributed by atoms with Gasteiger partial charge in [-0.15, -0.1) is 0 Å². The Morgan fingerprint density at radius 2 is 1.54 bits per heavy atom. The highest BCUT2D eigenvalue weighted by molar-refractivity contribution is 6.45. The molecule has 2 saturated carbocycles. The van der Waals surface area contributed by atoms with Crippen molar-refractivity contribution in [3.05, 3.63) is 0 Å². The zero-order valence-corrected chi connectivity index (χ0v) is 13.6. The minimum Gasteiger partial charge on any atom is -0.481 e. The Morgan fingerprint density at radius 3 is 2.00 bits per heavy atom. The molecule has 1 atom stereocenters. The lowest BCUT2D eigenvalue weighted by Gasteiger charge is -2.41. The van der Waals surface area contributed by atoms with Gasteiger partial charge in [0.2, 0.25) is 0 Å². The molecule has 0 aromatic heterocycles. The van der Waals surface area contributed by atoms with Crippen LogP contribution in [0.3, 0.4) is 0 Å². The molecule has 3 fully saturated rings. The largest absolute Gasteiger partial charge is 0.794 e. The molecule has 2 aliphatic carbocycles. The maximum absolute atomic E-state index is 12.3.